The lowest BCUT2D eigenvalue weighted by molar-refractivity contribution is 0.181. The molecule has 1 fully saturated rings. The molecule has 0 spiro atoms. The molecule has 1 aliphatic rings. The van der Waals surface area contributed by atoms with Gasteiger partial charge in [-0.25, -0.2) is 0 Å². The molecule has 1 aliphatic heterocycles. The lowest BCUT2D eigenvalue weighted by Gasteiger charge is -2.22. The van der Waals surface area contributed by atoms with E-state index < -0.39 is 0 Å². The lowest BCUT2D eigenvalue weighted by Crippen LogP contribution is -2.37. The molecule has 1 atom stereocenters. The van der Waals surface area contributed by atoms with Gasteiger partial charge in [0, 0.05) is 33.2 Å². The third kappa shape index (κ3) is 2.60. The normalized spacial score (nSPS) is 22.3. The monoisotopic (exact) mass is 188 g/mol. The van der Waals surface area contributed by atoms with Crippen LogP contribution in [0, 0.1) is 5.92 Å². The fourth-order valence-corrected chi connectivity index (χ4v) is 1.46. The first-order valence-corrected chi connectivity index (χ1v) is 4.65. The summed E-state index contributed by atoms with van der Waals surface area (Å²) < 4.78 is 5.28. The molecule has 0 bridgehead atoms. The first kappa shape index (κ1) is 9.74. The molecule has 0 aromatic rings. The van der Waals surface area contributed by atoms with Gasteiger partial charge >= 0.3 is 0 Å². The molecule has 0 amide bonds. The van der Waals surface area contributed by atoms with Gasteiger partial charge in [0.15, 0.2) is 5.11 Å². The molecule has 3 nitrogen and oxygen atoms in total. The number of nitrogens with zero attached hydrogens (tertiary/aromatic N) is 1. The molecule has 0 aromatic carbocycles. The van der Waals surface area contributed by atoms with Crippen LogP contribution in [0.3, 0.4) is 0 Å². The largest absolute Gasteiger partial charge is 0.381 e. The zero-order valence-electron chi connectivity index (χ0n) is 7.67. The first-order chi connectivity index (χ1) is 5.74. The van der Waals surface area contributed by atoms with Gasteiger partial charge in [0.25, 0.3) is 0 Å². The van der Waals surface area contributed by atoms with Crippen molar-refractivity contribution in [2.75, 3.05) is 33.9 Å². The maximum atomic E-state index is 5.28. The Balaban J connectivity index is 2.24. The first-order valence-electron chi connectivity index (χ1n) is 4.24. The van der Waals surface area contributed by atoms with Crippen molar-refractivity contribution in [1.29, 1.82) is 0 Å². The van der Waals surface area contributed by atoms with Gasteiger partial charge in [0.05, 0.1) is 6.61 Å². The van der Waals surface area contributed by atoms with Crippen molar-refractivity contribution in [2.45, 2.75) is 6.42 Å². The minimum atomic E-state index is 0.654. The Kier molecular flexibility index (Phi) is 3.75. The van der Waals surface area contributed by atoms with E-state index in [1.807, 2.05) is 14.1 Å². The van der Waals surface area contributed by atoms with E-state index in [-0.39, 0.29) is 0 Å². The van der Waals surface area contributed by atoms with Crippen LogP contribution in [0.15, 0.2) is 0 Å². The summed E-state index contributed by atoms with van der Waals surface area (Å²) >= 11 is 5.09. The molecule has 0 aromatic heterocycles. The summed E-state index contributed by atoms with van der Waals surface area (Å²) in [5, 5.41) is 3.76. The average molecular weight is 188 g/mol. The Morgan fingerprint density at radius 3 is 3.00 bits per heavy atom. The SMILES string of the molecule is CNC(=S)N(C)CC1CCOC1. The quantitative estimate of drug-likeness (QED) is 0.636. The molecular formula is C8H16N2OS. The van der Waals surface area contributed by atoms with Crippen molar-refractivity contribution in [3.63, 3.8) is 0 Å². The number of rotatable bonds is 2. The van der Waals surface area contributed by atoms with E-state index in [2.05, 4.69) is 10.2 Å². The van der Waals surface area contributed by atoms with Crippen molar-refractivity contribution in [3.8, 4) is 0 Å². The maximum absolute atomic E-state index is 5.28. The number of ether oxygens (including phenoxy) is 1. The smallest absolute Gasteiger partial charge is 0.168 e. The number of hydrogen-bond acceptors (Lipinski definition) is 2. The van der Waals surface area contributed by atoms with E-state index in [0.29, 0.717) is 5.92 Å². The van der Waals surface area contributed by atoms with Crippen LogP contribution in [-0.2, 0) is 4.74 Å². The van der Waals surface area contributed by atoms with Crippen molar-refractivity contribution in [2.24, 2.45) is 5.92 Å². The standard InChI is InChI=1S/C8H16N2OS/c1-9-8(12)10(2)5-7-3-4-11-6-7/h7H,3-6H2,1-2H3,(H,9,12). The third-order valence-electron chi connectivity index (χ3n) is 2.12. The van der Waals surface area contributed by atoms with Crippen LogP contribution in [0.1, 0.15) is 6.42 Å². The molecule has 1 unspecified atom stereocenters. The molecule has 1 rings (SSSR count). The van der Waals surface area contributed by atoms with Crippen LogP contribution in [0.4, 0.5) is 0 Å². The van der Waals surface area contributed by atoms with Gasteiger partial charge < -0.3 is 15.0 Å². The summed E-state index contributed by atoms with van der Waals surface area (Å²) in [6.45, 7) is 2.79. The van der Waals surface area contributed by atoms with Crippen LogP contribution >= 0.6 is 12.2 Å². The molecule has 0 radical (unpaired) electrons. The summed E-state index contributed by atoms with van der Waals surface area (Å²) in [7, 11) is 3.86. The van der Waals surface area contributed by atoms with Gasteiger partial charge in [-0.3, -0.25) is 0 Å². The van der Waals surface area contributed by atoms with E-state index >= 15 is 0 Å². The van der Waals surface area contributed by atoms with E-state index in [9.17, 15) is 0 Å². The molecule has 1 N–H and O–H groups in total. The van der Waals surface area contributed by atoms with E-state index in [1.165, 1.54) is 0 Å². The Bertz CT molecular complexity index is 157. The Labute approximate surface area is 79.1 Å². The van der Waals surface area contributed by atoms with Crippen LogP contribution in [-0.4, -0.2) is 43.9 Å². The summed E-state index contributed by atoms with van der Waals surface area (Å²) in [5.41, 5.74) is 0. The van der Waals surface area contributed by atoms with Crippen LogP contribution < -0.4 is 5.32 Å². The topological polar surface area (TPSA) is 24.5 Å². The number of nitrogens with one attached hydrogen (secondary N) is 1. The summed E-state index contributed by atoms with van der Waals surface area (Å²) in [6.07, 6.45) is 1.16. The van der Waals surface area contributed by atoms with Gasteiger partial charge in [0.1, 0.15) is 0 Å². The van der Waals surface area contributed by atoms with Gasteiger partial charge in [-0.15, -0.1) is 0 Å². The number of hydrogen-bond donors (Lipinski definition) is 1. The van der Waals surface area contributed by atoms with E-state index in [1.54, 1.807) is 0 Å². The van der Waals surface area contributed by atoms with E-state index in [4.69, 9.17) is 17.0 Å². The predicted octanol–water partition coefficient (Wildman–Crippen LogP) is 0.459. The molecular weight excluding hydrogens is 172 g/mol. The lowest BCUT2D eigenvalue weighted by atomic mass is 10.1. The Morgan fingerprint density at radius 2 is 2.50 bits per heavy atom. The van der Waals surface area contributed by atoms with Crippen LogP contribution in [0.5, 0.6) is 0 Å². The minimum Gasteiger partial charge on any atom is -0.381 e. The van der Waals surface area contributed by atoms with Crippen molar-refractivity contribution in [3.05, 3.63) is 0 Å². The van der Waals surface area contributed by atoms with Gasteiger partial charge in [-0.05, 0) is 18.6 Å². The highest BCUT2D eigenvalue weighted by Gasteiger charge is 2.17. The zero-order valence-corrected chi connectivity index (χ0v) is 8.49. The summed E-state index contributed by atoms with van der Waals surface area (Å²) in [5.74, 6) is 0.654. The zero-order chi connectivity index (χ0) is 8.97. The number of thiocarbonyl (C=S) groups is 1. The highest BCUT2D eigenvalue weighted by Crippen LogP contribution is 2.12. The van der Waals surface area contributed by atoms with Crippen molar-refractivity contribution < 1.29 is 4.74 Å². The second-order valence-electron chi connectivity index (χ2n) is 3.17. The van der Waals surface area contributed by atoms with Gasteiger partial charge in [0.2, 0.25) is 0 Å². The molecule has 4 heteroatoms. The average Bonchev–Trinajstić information content (AvgIpc) is 2.55. The van der Waals surface area contributed by atoms with Crippen molar-refractivity contribution in [1.82, 2.24) is 10.2 Å². The second-order valence-corrected chi connectivity index (χ2v) is 3.55. The summed E-state index contributed by atoms with van der Waals surface area (Å²) in [4.78, 5) is 2.06. The van der Waals surface area contributed by atoms with Gasteiger partial charge in [-0.2, -0.15) is 0 Å². The van der Waals surface area contributed by atoms with Crippen LogP contribution in [0.2, 0.25) is 0 Å². The molecule has 1 heterocycles. The van der Waals surface area contributed by atoms with Crippen LogP contribution in [0.25, 0.3) is 0 Å². The third-order valence-corrected chi connectivity index (χ3v) is 2.63. The highest BCUT2D eigenvalue weighted by atomic mass is 32.1. The fourth-order valence-electron chi connectivity index (χ4n) is 1.39. The van der Waals surface area contributed by atoms with Crippen molar-refractivity contribution >= 4 is 17.3 Å². The highest BCUT2D eigenvalue weighted by molar-refractivity contribution is 7.80. The molecule has 1 saturated heterocycles. The molecule has 0 saturated carbocycles. The Morgan fingerprint density at radius 1 is 1.75 bits per heavy atom. The molecule has 70 valence electrons. The van der Waals surface area contributed by atoms with Gasteiger partial charge in [-0.1, -0.05) is 0 Å². The Hall–Kier alpha value is -0.350. The van der Waals surface area contributed by atoms with E-state index in [0.717, 1.165) is 31.3 Å². The molecule has 12 heavy (non-hydrogen) atoms. The second kappa shape index (κ2) is 4.62. The summed E-state index contributed by atoms with van der Waals surface area (Å²) in [6, 6.07) is 0. The molecule has 0 aliphatic carbocycles. The predicted molar refractivity (Wildman–Crippen MR) is 53.2 cm³/mol. The minimum absolute atomic E-state index is 0.654. The maximum Gasteiger partial charge on any atom is 0.168 e. The fraction of sp³-hybridized carbons (Fsp3) is 0.875.